The molecule has 0 saturated carbocycles. The van der Waals surface area contributed by atoms with Gasteiger partial charge in [0, 0.05) is 11.5 Å². The lowest BCUT2D eigenvalue weighted by Crippen LogP contribution is -2.08. The van der Waals surface area contributed by atoms with E-state index in [9.17, 15) is 9.59 Å². The highest BCUT2D eigenvalue weighted by Crippen LogP contribution is 2.30. The molecule has 1 aromatic heterocycles. The molecule has 0 radical (unpaired) electrons. The van der Waals surface area contributed by atoms with Crippen LogP contribution in [0.25, 0.3) is 11.0 Å². The van der Waals surface area contributed by atoms with Crippen LogP contribution < -0.4 is 10.4 Å². The zero-order valence-electron chi connectivity index (χ0n) is 16.4. The third-order valence-corrected chi connectivity index (χ3v) is 4.56. The molecular formula is C23H24O5. The second-order valence-corrected chi connectivity index (χ2v) is 6.62. The Morgan fingerprint density at radius 3 is 2.50 bits per heavy atom. The number of carbonyl (C=O) groups is 1. The summed E-state index contributed by atoms with van der Waals surface area (Å²) in [6.45, 7) is 6.22. The third kappa shape index (κ3) is 4.25. The average Bonchev–Trinajstić information content (AvgIpc) is 2.67. The summed E-state index contributed by atoms with van der Waals surface area (Å²) in [5.41, 5.74) is 2.96. The van der Waals surface area contributed by atoms with E-state index in [1.54, 1.807) is 12.1 Å². The highest BCUT2D eigenvalue weighted by Gasteiger charge is 2.16. The highest BCUT2D eigenvalue weighted by molar-refractivity contribution is 5.90. The Balaban J connectivity index is 1.89. The number of ether oxygens (including phenoxy) is 2. The second-order valence-electron chi connectivity index (χ2n) is 6.62. The molecule has 0 aliphatic heterocycles. The number of carbonyl (C=O) groups excluding carboxylic acids is 1. The van der Waals surface area contributed by atoms with Gasteiger partial charge in [-0.1, -0.05) is 25.5 Å². The summed E-state index contributed by atoms with van der Waals surface area (Å²) in [5, 5.41) is 0.790. The maximum atomic E-state index is 12.5. The molecule has 0 fully saturated rings. The Bertz CT molecular complexity index is 1030. The van der Waals surface area contributed by atoms with E-state index in [0.29, 0.717) is 29.1 Å². The van der Waals surface area contributed by atoms with Crippen molar-refractivity contribution in [2.24, 2.45) is 0 Å². The van der Waals surface area contributed by atoms with Gasteiger partial charge < -0.3 is 13.9 Å². The minimum absolute atomic E-state index is 0.0470. The first-order valence-electron chi connectivity index (χ1n) is 9.48. The molecule has 0 bridgehead atoms. The number of hydrogen-bond acceptors (Lipinski definition) is 5. The fourth-order valence-electron chi connectivity index (χ4n) is 3.17. The SMILES string of the molecule is CCCc1ccc(C(=O)OCc2c(OCC)ccc3c(C)cc(=O)oc23)cc1. The Labute approximate surface area is 163 Å². The summed E-state index contributed by atoms with van der Waals surface area (Å²) in [4.78, 5) is 24.3. The smallest absolute Gasteiger partial charge is 0.338 e. The molecule has 0 atom stereocenters. The predicted octanol–water partition coefficient (Wildman–Crippen LogP) is 4.81. The molecule has 0 saturated heterocycles. The van der Waals surface area contributed by atoms with Crippen LogP contribution in [0.2, 0.25) is 0 Å². The van der Waals surface area contributed by atoms with Gasteiger partial charge in [0.15, 0.2) is 0 Å². The quantitative estimate of drug-likeness (QED) is 0.435. The van der Waals surface area contributed by atoms with Crippen LogP contribution in [0.4, 0.5) is 0 Å². The largest absolute Gasteiger partial charge is 0.493 e. The highest BCUT2D eigenvalue weighted by atomic mass is 16.5. The third-order valence-electron chi connectivity index (χ3n) is 4.56. The molecule has 5 heteroatoms. The summed E-state index contributed by atoms with van der Waals surface area (Å²) < 4.78 is 16.6. The van der Waals surface area contributed by atoms with Crippen LogP contribution >= 0.6 is 0 Å². The number of benzene rings is 2. The maximum Gasteiger partial charge on any atom is 0.338 e. The molecule has 3 rings (SSSR count). The molecule has 0 unspecified atom stereocenters. The molecular weight excluding hydrogens is 356 g/mol. The van der Waals surface area contributed by atoms with E-state index in [1.165, 1.54) is 11.6 Å². The van der Waals surface area contributed by atoms with Crippen molar-refractivity contribution in [1.82, 2.24) is 0 Å². The van der Waals surface area contributed by atoms with Crippen molar-refractivity contribution in [3.05, 3.63) is 75.1 Å². The van der Waals surface area contributed by atoms with E-state index >= 15 is 0 Å². The van der Waals surface area contributed by atoms with E-state index < -0.39 is 11.6 Å². The normalized spacial score (nSPS) is 10.8. The predicted molar refractivity (Wildman–Crippen MR) is 108 cm³/mol. The fourth-order valence-corrected chi connectivity index (χ4v) is 3.17. The van der Waals surface area contributed by atoms with Gasteiger partial charge in [0.1, 0.15) is 17.9 Å². The summed E-state index contributed by atoms with van der Waals surface area (Å²) >= 11 is 0. The topological polar surface area (TPSA) is 65.7 Å². The Kier molecular flexibility index (Phi) is 6.14. The van der Waals surface area contributed by atoms with Crippen LogP contribution in [-0.4, -0.2) is 12.6 Å². The van der Waals surface area contributed by atoms with E-state index in [1.807, 2.05) is 38.1 Å². The molecule has 5 nitrogen and oxygen atoms in total. The zero-order valence-corrected chi connectivity index (χ0v) is 16.4. The van der Waals surface area contributed by atoms with E-state index in [-0.39, 0.29) is 6.61 Å². The maximum absolute atomic E-state index is 12.5. The fraction of sp³-hybridized carbons (Fsp3) is 0.304. The van der Waals surface area contributed by atoms with E-state index in [0.717, 1.165) is 23.8 Å². The standard InChI is InChI=1S/C23H24O5/c1-4-6-16-7-9-17(10-8-16)23(25)27-14-19-20(26-5-2)12-11-18-15(3)13-21(24)28-22(18)19/h7-13H,4-6,14H2,1-3H3. The van der Waals surface area contributed by atoms with Crippen LogP contribution in [0.3, 0.4) is 0 Å². The minimum atomic E-state index is -0.447. The van der Waals surface area contributed by atoms with Gasteiger partial charge >= 0.3 is 11.6 Å². The number of fused-ring (bicyclic) bond motifs is 1. The molecule has 0 spiro atoms. The molecule has 0 N–H and O–H groups in total. The molecule has 3 aromatic rings. The van der Waals surface area contributed by atoms with Crippen LogP contribution in [0.1, 0.15) is 47.3 Å². The monoisotopic (exact) mass is 380 g/mol. The number of hydrogen-bond donors (Lipinski definition) is 0. The summed E-state index contributed by atoms with van der Waals surface area (Å²) in [5.74, 6) is 0.104. The molecule has 0 aliphatic rings. The van der Waals surface area contributed by atoms with Gasteiger partial charge in [0.25, 0.3) is 0 Å². The van der Waals surface area contributed by atoms with Gasteiger partial charge in [0.05, 0.1) is 17.7 Å². The summed E-state index contributed by atoms with van der Waals surface area (Å²) in [6.07, 6.45) is 2.02. The Morgan fingerprint density at radius 1 is 1.07 bits per heavy atom. The van der Waals surface area contributed by atoms with Gasteiger partial charge in [0.2, 0.25) is 0 Å². The minimum Gasteiger partial charge on any atom is -0.493 e. The molecule has 146 valence electrons. The Hall–Kier alpha value is -3.08. The zero-order chi connectivity index (χ0) is 20.1. The first-order chi connectivity index (χ1) is 13.5. The lowest BCUT2D eigenvalue weighted by Gasteiger charge is -2.13. The van der Waals surface area contributed by atoms with Gasteiger partial charge in [-0.15, -0.1) is 0 Å². The van der Waals surface area contributed by atoms with Crippen molar-refractivity contribution in [3.8, 4) is 5.75 Å². The molecule has 28 heavy (non-hydrogen) atoms. The van der Waals surface area contributed by atoms with E-state index in [4.69, 9.17) is 13.9 Å². The van der Waals surface area contributed by atoms with Gasteiger partial charge in [-0.25, -0.2) is 9.59 Å². The van der Waals surface area contributed by atoms with Crippen molar-refractivity contribution in [2.45, 2.75) is 40.2 Å². The lowest BCUT2D eigenvalue weighted by molar-refractivity contribution is 0.0470. The van der Waals surface area contributed by atoms with Crippen LogP contribution in [0, 0.1) is 6.92 Å². The number of esters is 1. The van der Waals surface area contributed by atoms with Gasteiger partial charge in [-0.2, -0.15) is 0 Å². The van der Waals surface area contributed by atoms with Crippen molar-refractivity contribution in [2.75, 3.05) is 6.61 Å². The van der Waals surface area contributed by atoms with E-state index in [2.05, 4.69) is 6.92 Å². The van der Waals surface area contributed by atoms with Crippen molar-refractivity contribution >= 4 is 16.9 Å². The summed E-state index contributed by atoms with van der Waals surface area (Å²) in [6, 6.07) is 12.5. The average molecular weight is 380 g/mol. The number of aryl methyl sites for hydroxylation is 2. The molecule has 1 heterocycles. The first kappa shape index (κ1) is 19.7. The summed E-state index contributed by atoms with van der Waals surface area (Å²) in [7, 11) is 0. The molecule has 0 aliphatic carbocycles. The first-order valence-corrected chi connectivity index (χ1v) is 9.48. The number of rotatable bonds is 7. The van der Waals surface area contributed by atoms with Crippen molar-refractivity contribution < 1.29 is 18.7 Å². The second kappa shape index (κ2) is 8.74. The van der Waals surface area contributed by atoms with Gasteiger partial charge in [-0.05, 0) is 55.7 Å². The van der Waals surface area contributed by atoms with Gasteiger partial charge in [-0.3, -0.25) is 0 Å². The lowest BCUT2D eigenvalue weighted by atomic mass is 10.1. The van der Waals surface area contributed by atoms with Crippen molar-refractivity contribution in [3.63, 3.8) is 0 Å². The Morgan fingerprint density at radius 2 is 1.82 bits per heavy atom. The van der Waals surface area contributed by atoms with Crippen LogP contribution in [-0.2, 0) is 17.8 Å². The van der Waals surface area contributed by atoms with Crippen LogP contribution in [0.15, 0.2) is 51.7 Å². The van der Waals surface area contributed by atoms with Crippen molar-refractivity contribution in [1.29, 1.82) is 0 Å². The molecule has 0 amide bonds. The molecule has 2 aromatic carbocycles. The van der Waals surface area contributed by atoms with Crippen LogP contribution in [0.5, 0.6) is 5.75 Å².